The molecule has 0 spiro atoms. The van der Waals surface area contributed by atoms with E-state index in [1.807, 2.05) is 0 Å². The molecule has 0 heterocycles. The van der Waals surface area contributed by atoms with Gasteiger partial charge < -0.3 is 4.74 Å². The lowest BCUT2D eigenvalue weighted by molar-refractivity contribution is -0.141. The van der Waals surface area contributed by atoms with E-state index in [0.29, 0.717) is 6.61 Å². The molecule has 0 amide bonds. The van der Waals surface area contributed by atoms with Gasteiger partial charge in [-0.1, -0.05) is 44.9 Å². The van der Waals surface area contributed by atoms with Gasteiger partial charge in [0.25, 0.3) is 0 Å². The second-order valence-electron chi connectivity index (χ2n) is 4.25. The number of unbranched alkanes of at least 4 members (excludes halogenated alkanes) is 8. The summed E-state index contributed by atoms with van der Waals surface area (Å²) in [5.41, 5.74) is 0. The highest BCUT2D eigenvalue weighted by Gasteiger charge is 1.94. The van der Waals surface area contributed by atoms with Crippen molar-refractivity contribution in [1.82, 2.24) is 0 Å². The molecule has 0 fully saturated rings. The van der Waals surface area contributed by atoms with E-state index in [4.69, 9.17) is 4.74 Å². The van der Waals surface area contributed by atoms with E-state index < -0.39 is 0 Å². The smallest absolute Gasteiger partial charge is 0.302 e. The zero-order valence-corrected chi connectivity index (χ0v) is 11.4. The third kappa shape index (κ3) is 13.8. The number of carbonyl (C=O) groups is 1. The Morgan fingerprint density at radius 2 is 1.31 bits per heavy atom. The minimum atomic E-state index is -0.163. The van der Waals surface area contributed by atoms with Crippen molar-refractivity contribution in [2.24, 2.45) is 0 Å². The molecule has 0 aromatic carbocycles. The summed E-state index contributed by atoms with van der Waals surface area (Å²) in [4.78, 5) is 10.5. The van der Waals surface area contributed by atoms with Crippen LogP contribution in [-0.4, -0.2) is 18.3 Å². The normalized spacial score (nSPS) is 10.4. The van der Waals surface area contributed by atoms with Crippen LogP contribution in [0.25, 0.3) is 0 Å². The Hall–Kier alpha value is -0.180. The van der Waals surface area contributed by atoms with Crippen molar-refractivity contribution < 1.29 is 9.53 Å². The highest BCUT2D eigenvalue weighted by atomic mass is 32.1. The van der Waals surface area contributed by atoms with Crippen LogP contribution >= 0.6 is 12.6 Å². The first-order valence-electron chi connectivity index (χ1n) is 6.51. The van der Waals surface area contributed by atoms with Gasteiger partial charge >= 0.3 is 5.97 Å². The summed E-state index contributed by atoms with van der Waals surface area (Å²) < 4.78 is 4.87. The van der Waals surface area contributed by atoms with Crippen LogP contribution in [-0.2, 0) is 9.53 Å². The zero-order chi connectivity index (χ0) is 12.1. The lowest BCUT2D eigenvalue weighted by Crippen LogP contribution is -2.00. The molecule has 0 rings (SSSR count). The lowest BCUT2D eigenvalue weighted by Gasteiger charge is -2.02. The number of carbonyl (C=O) groups excluding carboxylic acids is 1. The van der Waals surface area contributed by atoms with Crippen LogP contribution in [0, 0.1) is 0 Å². The van der Waals surface area contributed by atoms with Gasteiger partial charge in [-0.3, -0.25) is 4.79 Å². The van der Waals surface area contributed by atoms with Gasteiger partial charge in [0.1, 0.15) is 0 Å². The van der Waals surface area contributed by atoms with Gasteiger partial charge in [0.05, 0.1) is 6.61 Å². The molecule has 0 saturated carbocycles. The maximum absolute atomic E-state index is 10.5. The highest BCUT2D eigenvalue weighted by molar-refractivity contribution is 7.80. The van der Waals surface area contributed by atoms with Crippen molar-refractivity contribution in [2.45, 2.75) is 64.7 Å². The molecule has 0 N–H and O–H groups in total. The standard InChI is InChI=1S/C13H26O2S/c1-13(14)15-11-9-7-5-3-2-4-6-8-10-12-16/h16H,2-12H2,1H3. The van der Waals surface area contributed by atoms with E-state index >= 15 is 0 Å². The molecule has 0 unspecified atom stereocenters. The van der Waals surface area contributed by atoms with Gasteiger partial charge in [-0.2, -0.15) is 12.6 Å². The third-order valence-corrected chi connectivity index (χ3v) is 2.92. The van der Waals surface area contributed by atoms with Crippen LogP contribution < -0.4 is 0 Å². The minimum Gasteiger partial charge on any atom is -0.466 e. The minimum absolute atomic E-state index is 0.163. The summed E-state index contributed by atoms with van der Waals surface area (Å²) in [6.07, 6.45) is 11.4. The molecule has 0 aliphatic heterocycles. The molecular weight excluding hydrogens is 220 g/mol. The van der Waals surface area contributed by atoms with Crippen LogP contribution in [0.1, 0.15) is 64.7 Å². The quantitative estimate of drug-likeness (QED) is 0.339. The van der Waals surface area contributed by atoms with E-state index in [1.165, 1.54) is 58.3 Å². The molecule has 0 saturated heterocycles. The molecule has 0 aliphatic carbocycles. The first-order valence-corrected chi connectivity index (χ1v) is 7.15. The molecule has 0 aromatic heterocycles. The molecule has 0 bridgehead atoms. The summed E-state index contributed by atoms with van der Waals surface area (Å²) in [5.74, 6) is 0.861. The molecule has 2 nitrogen and oxygen atoms in total. The second-order valence-corrected chi connectivity index (χ2v) is 4.69. The van der Waals surface area contributed by atoms with E-state index in [9.17, 15) is 4.79 Å². The summed E-state index contributed by atoms with van der Waals surface area (Å²) in [7, 11) is 0. The molecule has 0 aliphatic rings. The summed E-state index contributed by atoms with van der Waals surface area (Å²) >= 11 is 4.19. The fourth-order valence-electron chi connectivity index (χ4n) is 1.67. The van der Waals surface area contributed by atoms with E-state index in [-0.39, 0.29) is 5.97 Å². The van der Waals surface area contributed by atoms with Gasteiger partial charge in [0.15, 0.2) is 0 Å². The maximum atomic E-state index is 10.5. The second kappa shape index (κ2) is 12.9. The topological polar surface area (TPSA) is 26.3 Å². The monoisotopic (exact) mass is 246 g/mol. The number of hydrogen-bond acceptors (Lipinski definition) is 3. The lowest BCUT2D eigenvalue weighted by atomic mass is 10.1. The average Bonchev–Trinajstić information content (AvgIpc) is 2.25. The predicted molar refractivity (Wildman–Crippen MR) is 72.0 cm³/mol. The number of hydrogen-bond donors (Lipinski definition) is 1. The molecule has 0 atom stereocenters. The van der Waals surface area contributed by atoms with Crippen molar-refractivity contribution in [3.05, 3.63) is 0 Å². The van der Waals surface area contributed by atoms with Crippen LogP contribution in [0.4, 0.5) is 0 Å². The Morgan fingerprint density at radius 3 is 1.75 bits per heavy atom. The summed E-state index contributed by atoms with van der Waals surface area (Å²) in [6.45, 7) is 2.06. The molecule has 0 aromatic rings. The number of thiol groups is 1. The SMILES string of the molecule is CC(=O)OCCCCCCCCCCCS. The van der Waals surface area contributed by atoms with Gasteiger partial charge in [-0.25, -0.2) is 0 Å². The fourth-order valence-corrected chi connectivity index (χ4v) is 1.89. The molecular formula is C13H26O2S. The molecule has 16 heavy (non-hydrogen) atoms. The first-order chi connectivity index (χ1) is 7.77. The Bertz CT molecular complexity index is 160. The third-order valence-electron chi connectivity index (χ3n) is 2.61. The van der Waals surface area contributed by atoms with Crippen molar-refractivity contribution in [2.75, 3.05) is 12.4 Å². The van der Waals surface area contributed by atoms with E-state index in [2.05, 4.69) is 12.6 Å². The predicted octanol–water partition coefficient (Wildman–Crippen LogP) is 3.99. The number of rotatable bonds is 11. The Balaban J connectivity index is 2.90. The fraction of sp³-hybridized carbons (Fsp3) is 0.923. The average molecular weight is 246 g/mol. The highest BCUT2D eigenvalue weighted by Crippen LogP contribution is 2.09. The van der Waals surface area contributed by atoms with Crippen LogP contribution in [0.3, 0.4) is 0 Å². The zero-order valence-electron chi connectivity index (χ0n) is 10.5. The van der Waals surface area contributed by atoms with E-state index in [0.717, 1.165) is 12.2 Å². The van der Waals surface area contributed by atoms with Gasteiger partial charge in [-0.15, -0.1) is 0 Å². The Morgan fingerprint density at radius 1 is 0.875 bits per heavy atom. The van der Waals surface area contributed by atoms with E-state index in [1.54, 1.807) is 0 Å². The molecule has 96 valence electrons. The van der Waals surface area contributed by atoms with Crippen molar-refractivity contribution in [3.63, 3.8) is 0 Å². The van der Waals surface area contributed by atoms with Crippen molar-refractivity contribution in [1.29, 1.82) is 0 Å². The maximum Gasteiger partial charge on any atom is 0.302 e. The van der Waals surface area contributed by atoms with Crippen LogP contribution in [0.2, 0.25) is 0 Å². The number of ether oxygens (including phenoxy) is 1. The van der Waals surface area contributed by atoms with Gasteiger partial charge in [-0.05, 0) is 18.6 Å². The van der Waals surface area contributed by atoms with Crippen molar-refractivity contribution >= 4 is 18.6 Å². The Kier molecular flexibility index (Phi) is 12.7. The van der Waals surface area contributed by atoms with Crippen LogP contribution in [0.15, 0.2) is 0 Å². The largest absolute Gasteiger partial charge is 0.466 e. The Labute approximate surface area is 106 Å². The van der Waals surface area contributed by atoms with Crippen molar-refractivity contribution in [3.8, 4) is 0 Å². The molecule has 3 heteroatoms. The van der Waals surface area contributed by atoms with Gasteiger partial charge in [0.2, 0.25) is 0 Å². The summed E-state index contributed by atoms with van der Waals surface area (Å²) in [5, 5.41) is 0. The summed E-state index contributed by atoms with van der Waals surface area (Å²) in [6, 6.07) is 0. The first kappa shape index (κ1) is 15.8. The van der Waals surface area contributed by atoms with Gasteiger partial charge in [0, 0.05) is 6.92 Å². The molecule has 0 radical (unpaired) electrons. The van der Waals surface area contributed by atoms with Crippen LogP contribution in [0.5, 0.6) is 0 Å². The number of esters is 1.